The standard InChI is InChI=1S/C15H17N3O3S/c1-3-21-12-6-4-11(5-7-12)14(20)16-10-13(19)17-15-18(2)8-9-22-15/h4-9H,3,10H2,1-2H3,(H,16,20). The maximum absolute atomic E-state index is 11.9. The van der Waals surface area contributed by atoms with Crippen LogP contribution in [0.3, 0.4) is 0 Å². The average Bonchev–Trinajstić information content (AvgIpc) is 2.91. The number of rotatable bonds is 5. The van der Waals surface area contributed by atoms with E-state index in [-0.39, 0.29) is 12.5 Å². The lowest BCUT2D eigenvalue weighted by atomic mass is 10.2. The second kappa shape index (κ2) is 7.56. The van der Waals surface area contributed by atoms with Gasteiger partial charge < -0.3 is 14.6 Å². The van der Waals surface area contributed by atoms with Gasteiger partial charge in [-0.25, -0.2) is 0 Å². The topological polar surface area (TPSA) is 72.7 Å². The third-order valence-corrected chi connectivity index (χ3v) is 3.66. The molecule has 0 radical (unpaired) electrons. The number of hydrogen-bond donors (Lipinski definition) is 1. The van der Waals surface area contributed by atoms with Gasteiger partial charge in [-0.2, -0.15) is 4.99 Å². The molecule has 0 unspecified atom stereocenters. The van der Waals surface area contributed by atoms with E-state index in [1.165, 1.54) is 11.3 Å². The molecule has 1 N–H and O–H groups in total. The van der Waals surface area contributed by atoms with E-state index >= 15 is 0 Å². The fourth-order valence-corrected chi connectivity index (χ4v) is 2.45. The van der Waals surface area contributed by atoms with Gasteiger partial charge in [-0.3, -0.25) is 9.59 Å². The first-order valence-corrected chi connectivity index (χ1v) is 7.67. The molecule has 0 fully saturated rings. The van der Waals surface area contributed by atoms with E-state index in [0.717, 1.165) is 0 Å². The largest absolute Gasteiger partial charge is 0.494 e. The Hall–Kier alpha value is -2.41. The molecule has 0 aliphatic heterocycles. The molecule has 0 saturated carbocycles. The number of thiazole rings is 1. The van der Waals surface area contributed by atoms with E-state index in [1.807, 2.05) is 18.5 Å². The van der Waals surface area contributed by atoms with E-state index in [9.17, 15) is 9.59 Å². The summed E-state index contributed by atoms with van der Waals surface area (Å²) in [6.07, 6.45) is 1.81. The summed E-state index contributed by atoms with van der Waals surface area (Å²) >= 11 is 1.36. The average molecular weight is 319 g/mol. The summed E-state index contributed by atoms with van der Waals surface area (Å²) in [6.45, 7) is 2.33. The van der Waals surface area contributed by atoms with E-state index in [0.29, 0.717) is 22.7 Å². The van der Waals surface area contributed by atoms with Gasteiger partial charge in [0, 0.05) is 24.2 Å². The Morgan fingerprint density at radius 1 is 1.32 bits per heavy atom. The molecule has 116 valence electrons. The summed E-state index contributed by atoms with van der Waals surface area (Å²) in [5, 5.41) is 4.39. The van der Waals surface area contributed by atoms with Crippen molar-refractivity contribution in [1.82, 2.24) is 9.88 Å². The van der Waals surface area contributed by atoms with Crippen molar-refractivity contribution < 1.29 is 14.3 Å². The summed E-state index contributed by atoms with van der Waals surface area (Å²) in [5.74, 6) is -0.00480. The van der Waals surface area contributed by atoms with Gasteiger partial charge in [0.15, 0.2) is 4.80 Å². The van der Waals surface area contributed by atoms with Crippen LogP contribution in [-0.4, -0.2) is 29.5 Å². The molecule has 1 heterocycles. The number of nitrogens with one attached hydrogen (secondary N) is 1. The van der Waals surface area contributed by atoms with Gasteiger partial charge in [-0.1, -0.05) is 0 Å². The second-order valence-electron chi connectivity index (χ2n) is 4.44. The Balaban J connectivity index is 1.92. The van der Waals surface area contributed by atoms with Gasteiger partial charge in [0.1, 0.15) is 5.75 Å². The van der Waals surface area contributed by atoms with Crippen molar-refractivity contribution in [2.45, 2.75) is 6.92 Å². The fourth-order valence-electron chi connectivity index (χ4n) is 1.71. The quantitative estimate of drug-likeness (QED) is 0.904. The van der Waals surface area contributed by atoms with Crippen LogP contribution >= 0.6 is 11.3 Å². The van der Waals surface area contributed by atoms with Crippen LogP contribution in [0.25, 0.3) is 0 Å². The first-order chi connectivity index (χ1) is 10.6. The predicted octanol–water partition coefficient (Wildman–Crippen LogP) is 1.34. The first kappa shape index (κ1) is 16.0. The number of benzene rings is 1. The number of aromatic nitrogens is 1. The maximum atomic E-state index is 11.9. The SMILES string of the molecule is CCOc1ccc(C(=O)NCC(=O)N=c2sccn2C)cc1. The number of hydrogen-bond acceptors (Lipinski definition) is 4. The number of carbonyl (C=O) groups excluding carboxylic acids is 2. The number of aryl methyl sites for hydroxylation is 1. The van der Waals surface area contributed by atoms with Crippen LogP contribution in [0.15, 0.2) is 40.8 Å². The normalized spacial score (nSPS) is 11.3. The van der Waals surface area contributed by atoms with Crippen molar-refractivity contribution in [1.29, 1.82) is 0 Å². The molecule has 2 aromatic rings. The Kier molecular flexibility index (Phi) is 5.48. The van der Waals surface area contributed by atoms with Gasteiger partial charge in [-0.15, -0.1) is 11.3 Å². The molecule has 22 heavy (non-hydrogen) atoms. The Labute approximate surface area is 132 Å². The number of amides is 2. The minimum Gasteiger partial charge on any atom is -0.494 e. The number of ether oxygens (including phenoxy) is 1. The van der Waals surface area contributed by atoms with Crippen molar-refractivity contribution in [3.63, 3.8) is 0 Å². The molecule has 0 saturated heterocycles. The smallest absolute Gasteiger partial charge is 0.267 e. The van der Waals surface area contributed by atoms with E-state index in [1.54, 1.807) is 35.9 Å². The van der Waals surface area contributed by atoms with Crippen molar-refractivity contribution in [3.05, 3.63) is 46.2 Å². The molecule has 2 rings (SSSR count). The molecule has 0 bridgehead atoms. The molecule has 0 atom stereocenters. The van der Waals surface area contributed by atoms with Gasteiger partial charge in [-0.05, 0) is 31.2 Å². The highest BCUT2D eigenvalue weighted by molar-refractivity contribution is 7.07. The summed E-state index contributed by atoms with van der Waals surface area (Å²) < 4.78 is 7.05. The van der Waals surface area contributed by atoms with Crippen LogP contribution in [0.5, 0.6) is 5.75 Å². The molecular formula is C15H17N3O3S. The minimum absolute atomic E-state index is 0.135. The second-order valence-corrected chi connectivity index (χ2v) is 5.32. The Morgan fingerprint density at radius 3 is 2.64 bits per heavy atom. The molecule has 6 nitrogen and oxygen atoms in total. The van der Waals surface area contributed by atoms with Gasteiger partial charge in [0.2, 0.25) is 0 Å². The molecule has 0 aliphatic carbocycles. The highest BCUT2D eigenvalue weighted by atomic mass is 32.1. The van der Waals surface area contributed by atoms with Crippen LogP contribution in [0.1, 0.15) is 17.3 Å². The zero-order valence-corrected chi connectivity index (χ0v) is 13.2. The van der Waals surface area contributed by atoms with Gasteiger partial charge >= 0.3 is 0 Å². The predicted molar refractivity (Wildman–Crippen MR) is 83.8 cm³/mol. The number of nitrogens with zero attached hydrogens (tertiary/aromatic N) is 2. The molecule has 2 amide bonds. The fraction of sp³-hybridized carbons (Fsp3) is 0.267. The van der Waals surface area contributed by atoms with Crippen molar-refractivity contribution in [3.8, 4) is 5.75 Å². The lowest BCUT2D eigenvalue weighted by Crippen LogP contribution is -2.29. The van der Waals surface area contributed by atoms with E-state index < -0.39 is 5.91 Å². The molecule has 1 aromatic heterocycles. The van der Waals surface area contributed by atoms with Crippen LogP contribution in [-0.2, 0) is 11.8 Å². The third kappa shape index (κ3) is 4.29. The van der Waals surface area contributed by atoms with E-state index in [4.69, 9.17) is 4.74 Å². The summed E-state index contributed by atoms with van der Waals surface area (Å²) in [5.41, 5.74) is 0.470. The Morgan fingerprint density at radius 2 is 2.05 bits per heavy atom. The van der Waals surface area contributed by atoms with Crippen LogP contribution in [0.4, 0.5) is 0 Å². The highest BCUT2D eigenvalue weighted by Gasteiger charge is 2.08. The first-order valence-electron chi connectivity index (χ1n) is 6.79. The van der Waals surface area contributed by atoms with Crippen molar-refractivity contribution in [2.75, 3.05) is 13.2 Å². The summed E-state index contributed by atoms with van der Waals surface area (Å²) in [7, 11) is 1.81. The summed E-state index contributed by atoms with van der Waals surface area (Å²) in [4.78, 5) is 28.2. The zero-order chi connectivity index (χ0) is 15.9. The Bertz CT molecular complexity index is 716. The van der Waals surface area contributed by atoms with E-state index in [2.05, 4.69) is 10.3 Å². The minimum atomic E-state index is -0.391. The molecular weight excluding hydrogens is 302 g/mol. The van der Waals surface area contributed by atoms with Gasteiger partial charge in [0.25, 0.3) is 11.8 Å². The summed E-state index contributed by atoms with van der Waals surface area (Å²) in [6, 6.07) is 6.74. The maximum Gasteiger partial charge on any atom is 0.267 e. The highest BCUT2D eigenvalue weighted by Crippen LogP contribution is 2.11. The monoisotopic (exact) mass is 319 g/mol. The molecule has 0 spiro atoms. The van der Waals surface area contributed by atoms with Gasteiger partial charge in [0.05, 0.1) is 13.2 Å². The molecule has 1 aromatic carbocycles. The zero-order valence-electron chi connectivity index (χ0n) is 12.4. The lowest BCUT2D eigenvalue weighted by molar-refractivity contribution is -0.117. The van der Waals surface area contributed by atoms with Crippen molar-refractivity contribution >= 4 is 23.2 Å². The number of carbonyl (C=O) groups is 2. The molecule has 0 aliphatic rings. The third-order valence-electron chi connectivity index (χ3n) is 2.81. The van der Waals surface area contributed by atoms with Crippen LogP contribution < -0.4 is 14.9 Å². The molecule has 7 heteroatoms. The lowest BCUT2D eigenvalue weighted by Gasteiger charge is -2.05. The van der Waals surface area contributed by atoms with Crippen molar-refractivity contribution in [2.24, 2.45) is 12.0 Å². The van der Waals surface area contributed by atoms with Crippen LogP contribution in [0.2, 0.25) is 0 Å². The van der Waals surface area contributed by atoms with Crippen LogP contribution in [0, 0.1) is 0 Å².